The van der Waals surface area contributed by atoms with Gasteiger partial charge in [-0.3, -0.25) is 0 Å². The molecule has 76 valence electrons. The molecule has 14 heavy (non-hydrogen) atoms. The van der Waals surface area contributed by atoms with E-state index in [1.165, 1.54) is 7.11 Å². The number of ether oxygens (including phenoxy) is 1. The summed E-state index contributed by atoms with van der Waals surface area (Å²) >= 11 is 0. The fourth-order valence-electron chi connectivity index (χ4n) is 1.47. The largest absolute Gasteiger partial charge is 0.464 e. The molecule has 4 heteroatoms. The standard InChI is InChI=1S/C10H13NO3/c1-7-6-9(10(13)14-3)11(2)8(7)4-5-12/h5-6H,4H2,1-3H3. The molecule has 1 heterocycles. The van der Waals surface area contributed by atoms with Crippen molar-refractivity contribution in [3.05, 3.63) is 23.0 Å². The lowest BCUT2D eigenvalue weighted by atomic mass is 10.2. The molecule has 0 aromatic carbocycles. The molecule has 4 nitrogen and oxygen atoms in total. The Balaban J connectivity index is 3.16. The highest BCUT2D eigenvalue weighted by Crippen LogP contribution is 2.14. The molecule has 1 aromatic rings. The van der Waals surface area contributed by atoms with Crippen LogP contribution in [0.15, 0.2) is 6.07 Å². The Morgan fingerprint density at radius 3 is 2.79 bits per heavy atom. The topological polar surface area (TPSA) is 48.3 Å². The predicted octanol–water partition coefficient (Wildman–Crippen LogP) is 0.862. The van der Waals surface area contributed by atoms with Crippen molar-refractivity contribution < 1.29 is 14.3 Å². The van der Waals surface area contributed by atoms with Crippen LogP contribution in [0.25, 0.3) is 0 Å². The molecule has 0 N–H and O–H groups in total. The van der Waals surface area contributed by atoms with E-state index in [-0.39, 0.29) is 5.97 Å². The monoisotopic (exact) mass is 195 g/mol. The van der Waals surface area contributed by atoms with E-state index >= 15 is 0 Å². The van der Waals surface area contributed by atoms with Crippen LogP contribution in [0.5, 0.6) is 0 Å². The number of hydrogen-bond acceptors (Lipinski definition) is 3. The quantitative estimate of drug-likeness (QED) is 0.531. The van der Waals surface area contributed by atoms with Crippen LogP contribution in [-0.4, -0.2) is 23.9 Å². The van der Waals surface area contributed by atoms with Crippen molar-refractivity contribution in [3.63, 3.8) is 0 Å². The SMILES string of the molecule is COC(=O)c1cc(C)c(CC=O)n1C. The van der Waals surface area contributed by atoms with E-state index in [1.54, 1.807) is 17.7 Å². The molecule has 0 atom stereocenters. The number of esters is 1. The van der Waals surface area contributed by atoms with Crippen molar-refractivity contribution in [2.75, 3.05) is 7.11 Å². The summed E-state index contributed by atoms with van der Waals surface area (Å²) < 4.78 is 6.31. The Bertz CT molecular complexity index is 366. The van der Waals surface area contributed by atoms with Crippen molar-refractivity contribution in [1.29, 1.82) is 0 Å². The second kappa shape index (κ2) is 4.09. The van der Waals surface area contributed by atoms with Gasteiger partial charge in [-0.05, 0) is 18.6 Å². The Kier molecular flexibility index (Phi) is 3.06. The third-order valence-electron chi connectivity index (χ3n) is 2.25. The van der Waals surface area contributed by atoms with Crippen LogP contribution in [0.2, 0.25) is 0 Å². The van der Waals surface area contributed by atoms with Gasteiger partial charge in [-0.25, -0.2) is 4.79 Å². The minimum atomic E-state index is -0.382. The van der Waals surface area contributed by atoms with Crippen LogP contribution in [0.1, 0.15) is 21.7 Å². The second-order valence-electron chi connectivity index (χ2n) is 3.08. The summed E-state index contributed by atoms with van der Waals surface area (Å²) in [6.07, 6.45) is 1.14. The minimum absolute atomic E-state index is 0.319. The van der Waals surface area contributed by atoms with Gasteiger partial charge < -0.3 is 14.1 Å². The van der Waals surface area contributed by atoms with E-state index in [2.05, 4.69) is 4.74 Å². The molecule has 0 unspecified atom stereocenters. The molecule has 0 aliphatic heterocycles. The highest BCUT2D eigenvalue weighted by atomic mass is 16.5. The first-order valence-corrected chi connectivity index (χ1v) is 4.29. The van der Waals surface area contributed by atoms with Crippen LogP contribution >= 0.6 is 0 Å². The van der Waals surface area contributed by atoms with E-state index in [0.29, 0.717) is 12.1 Å². The number of carbonyl (C=O) groups is 2. The van der Waals surface area contributed by atoms with E-state index in [9.17, 15) is 9.59 Å². The van der Waals surface area contributed by atoms with E-state index in [4.69, 9.17) is 0 Å². The summed E-state index contributed by atoms with van der Waals surface area (Å²) in [5, 5.41) is 0. The average molecular weight is 195 g/mol. The predicted molar refractivity (Wildman–Crippen MR) is 51.3 cm³/mol. The van der Waals surface area contributed by atoms with Crippen molar-refractivity contribution in [2.24, 2.45) is 7.05 Å². The maximum Gasteiger partial charge on any atom is 0.354 e. The molecular formula is C10H13NO3. The van der Waals surface area contributed by atoms with Gasteiger partial charge in [0.2, 0.25) is 0 Å². The summed E-state index contributed by atoms with van der Waals surface area (Å²) in [4.78, 5) is 21.7. The fraction of sp³-hybridized carbons (Fsp3) is 0.400. The van der Waals surface area contributed by atoms with Crippen LogP contribution in [-0.2, 0) is 23.0 Å². The molecule has 0 spiro atoms. The van der Waals surface area contributed by atoms with Crippen molar-refractivity contribution in [1.82, 2.24) is 4.57 Å². The average Bonchev–Trinajstić information content (AvgIpc) is 2.45. The van der Waals surface area contributed by atoms with Gasteiger partial charge in [-0.15, -0.1) is 0 Å². The number of methoxy groups -OCH3 is 1. The normalized spacial score (nSPS) is 9.93. The molecule has 0 saturated carbocycles. The molecule has 1 rings (SSSR count). The first-order valence-electron chi connectivity index (χ1n) is 4.29. The van der Waals surface area contributed by atoms with E-state index < -0.39 is 0 Å². The lowest BCUT2D eigenvalue weighted by molar-refractivity contribution is -0.107. The van der Waals surface area contributed by atoms with Gasteiger partial charge in [-0.2, -0.15) is 0 Å². The third-order valence-corrected chi connectivity index (χ3v) is 2.25. The second-order valence-corrected chi connectivity index (χ2v) is 3.08. The van der Waals surface area contributed by atoms with Gasteiger partial charge in [-0.1, -0.05) is 0 Å². The number of hydrogen-bond donors (Lipinski definition) is 0. The van der Waals surface area contributed by atoms with E-state index in [1.807, 2.05) is 6.92 Å². The molecule has 0 bridgehead atoms. The van der Waals surface area contributed by atoms with Gasteiger partial charge in [0.15, 0.2) is 0 Å². The molecule has 0 radical (unpaired) electrons. The summed E-state index contributed by atoms with van der Waals surface area (Å²) in [7, 11) is 3.09. The highest BCUT2D eigenvalue weighted by Gasteiger charge is 2.15. The van der Waals surface area contributed by atoms with Crippen molar-refractivity contribution >= 4 is 12.3 Å². The lowest BCUT2D eigenvalue weighted by Gasteiger charge is -2.03. The Hall–Kier alpha value is -1.58. The Morgan fingerprint density at radius 2 is 2.29 bits per heavy atom. The zero-order valence-corrected chi connectivity index (χ0v) is 8.53. The lowest BCUT2D eigenvalue weighted by Crippen LogP contribution is -2.09. The zero-order chi connectivity index (χ0) is 10.7. The molecule has 1 aromatic heterocycles. The van der Waals surface area contributed by atoms with Crippen LogP contribution in [0.4, 0.5) is 0 Å². The van der Waals surface area contributed by atoms with Gasteiger partial charge in [0.25, 0.3) is 0 Å². The Morgan fingerprint density at radius 1 is 1.64 bits per heavy atom. The van der Waals surface area contributed by atoms with Crippen LogP contribution in [0, 0.1) is 6.92 Å². The van der Waals surface area contributed by atoms with Gasteiger partial charge in [0.05, 0.1) is 7.11 Å². The third kappa shape index (κ3) is 1.69. The summed E-state index contributed by atoms with van der Waals surface area (Å²) in [6.45, 7) is 1.87. The first kappa shape index (κ1) is 10.5. The first-order chi connectivity index (χ1) is 6.61. The number of aromatic nitrogens is 1. The van der Waals surface area contributed by atoms with Crippen LogP contribution < -0.4 is 0 Å². The summed E-state index contributed by atoms with van der Waals surface area (Å²) in [5.41, 5.74) is 2.25. The molecule has 0 aliphatic carbocycles. The maximum atomic E-state index is 11.3. The Labute approximate surface area is 82.5 Å². The summed E-state index contributed by atoms with van der Waals surface area (Å²) in [5.74, 6) is -0.382. The molecular weight excluding hydrogens is 182 g/mol. The number of aryl methyl sites for hydroxylation is 1. The minimum Gasteiger partial charge on any atom is -0.464 e. The van der Waals surface area contributed by atoms with E-state index in [0.717, 1.165) is 17.5 Å². The fourth-order valence-corrected chi connectivity index (χ4v) is 1.47. The van der Waals surface area contributed by atoms with Gasteiger partial charge >= 0.3 is 5.97 Å². The smallest absolute Gasteiger partial charge is 0.354 e. The van der Waals surface area contributed by atoms with Gasteiger partial charge in [0, 0.05) is 19.2 Å². The number of carbonyl (C=O) groups excluding carboxylic acids is 2. The maximum absolute atomic E-state index is 11.3. The number of aldehydes is 1. The number of nitrogens with zero attached hydrogens (tertiary/aromatic N) is 1. The molecule has 0 aliphatic rings. The molecule has 0 saturated heterocycles. The molecule has 0 amide bonds. The highest BCUT2D eigenvalue weighted by molar-refractivity contribution is 5.88. The van der Waals surface area contributed by atoms with Crippen molar-refractivity contribution in [3.8, 4) is 0 Å². The zero-order valence-electron chi connectivity index (χ0n) is 8.53. The number of rotatable bonds is 3. The van der Waals surface area contributed by atoms with Crippen molar-refractivity contribution in [2.45, 2.75) is 13.3 Å². The van der Waals surface area contributed by atoms with Crippen LogP contribution in [0.3, 0.4) is 0 Å². The molecule has 0 fully saturated rings. The summed E-state index contributed by atoms with van der Waals surface area (Å²) in [6, 6.07) is 1.73. The van der Waals surface area contributed by atoms with Gasteiger partial charge in [0.1, 0.15) is 12.0 Å².